The molecule has 0 radical (unpaired) electrons. The molecular weight excluding hydrogens is 332 g/mol. The van der Waals surface area contributed by atoms with Crippen LogP contribution in [0.3, 0.4) is 0 Å². The molecule has 0 aliphatic rings. The van der Waals surface area contributed by atoms with Gasteiger partial charge in [0.1, 0.15) is 5.75 Å². The van der Waals surface area contributed by atoms with Gasteiger partial charge in [-0.15, -0.1) is 0 Å². The standard InChI is InChI=1S/C21H20O5/c1-13(2)20(22)25-17-9-7-6-8-16(17)15-10-11-18(19(12-15)24-5)26-21(23)14(3)4/h6-12H,1,3H2,2,4-5H3. The molecule has 0 heterocycles. The number of methoxy groups -OCH3 is 1. The van der Waals surface area contributed by atoms with Crippen molar-refractivity contribution < 1.29 is 23.8 Å². The second-order valence-electron chi connectivity index (χ2n) is 5.70. The van der Waals surface area contributed by atoms with Crippen LogP contribution in [0.1, 0.15) is 13.8 Å². The first kappa shape index (κ1) is 19.0. The van der Waals surface area contributed by atoms with Gasteiger partial charge in [-0.2, -0.15) is 0 Å². The Morgan fingerprint density at radius 2 is 1.38 bits per heavy atom. The van der Waals surface area contributed by atoms with Gasteiger partial charge in [0, 0.05) is 16.7 Å². The fourth-order valence-corrected chi connectivity index (χ4v) is 2.09. The van der Waals surface area contributed by atoms with E-state index in [0.29, 0.717) is 22.6 Å². The largest absolute Gasteiger partial charge is 0.493 e. The first-order chi connectivity index (χ1) is 12.3. The van der Waals surface area contributed by atoms with Crippen molar-refractivity contribution in [2.75, 3.05) is 7.11 Å². The number of carbonyl (C=O) groups excluding carboxylic acids is 2. The Labute approximate surface area is 152 Å². The van der Waals surface area contributed by atoms with E-state index >= 15 is 0 Å². The zero-order valence-corrected chi connectivity index (χ0v) is 15.0. The van der Waals surface area contributed by atoms with Crippen LogP contribution in [-0.2, 0) is 9.59 Å². The van der Waals surface area contributed by atoms with E-state index in [1.54, 1.807) is 44.2 Å². The molecule has 0 spiro atoms. The molecule has 2 rings (SSSR count). The van der Waals surface area contributed by atoms with E-state index in [1.807, 2.05) is 12.1 Å². The van der Waals surface area contributed by atoms with E-state index in [4.69, 9.17) is 14.2 Å². The lowest BCUT2D eigenvalue weighted by atomic mass is 10.0. The fraction of sp³-hybridized carbons (Fsp3) is 0.143. The van der Waals surface area contributed by atoms with Gasteiger partial charge in [-0.05, 0) is 37.6 Å². The van der Waals surface area contributed by atoms with Crippen LogP contribution in [-0.4, -0.2) is 19.0 Å². The maximum atomic E-state index is 11.8. The molecule has 0 atom stereocenters. The highest BCUT2D eigenvalue weighted by atomic mass is 16.6. The monoisotopic (exact) mass is 352 g/mol. The molecule has 0 aliphatic carbocycles. The first-order valence-electron chi connectivity index (χ1n) is 7.86. The fourth-order valence-electron chi connectivity index (χ4n) is 2.09. The smallest absolute Gasteiger partial charge is 0.338 e. The van der Waals surface area contributed by atoms with Crippen molar-refractivity contribution in [1.82, 2.24) is 0 Å². The van der Waals surface area contributed by atoms with Crippen molar-refractivity contribution >= 4 is 11.9 Å². The number of para-hydroxylation sites is 1. The number of rotatable bonds is 6. The number of ether oxygens (including phenoxy) is 3. The highest BCUT2D eigenvalue weighted by Gasteiger charge is 2.15. The Morgan fingerprint density at radius 3 is 1.96 bits per heavy atom. The van der Waals surface area contributed by atoms with Crippen LogP contribution in [0, 0.1) is 0 Å². The lowest BCUT2D eigenvalue weighted by Crippen LogP contribution is -2.09. The molecule has 26 heavy (non-hydrogen) atoms. The van der Waals surface area contributed by atoms with Gasteiger partial charge in [-0.3, -0.25) is 0 Å². The summed E-state index contributed by atoms with van der Waals surface area (Å²) in [6.07, 6.45) is 0. The summed E-state index contributed by atoms with van der Waals surface area (Å²) in [5, 5.41) is 0. The van der Waals surface area contributed by atoms with Crippen molar-refractivity contribution in [2.24, 2.45) is 0 Å². The molecule has 5 heteroatoms. The Morgan fingerprint density at radius 1 is 0.808 bits per heavy atom. The second kappa shape index (κ2) is 8.16. The quantitative estimate of drug-likeness (QED) is 0.440. The molecule has 0 saturated carbocycles. The summed E-state index contributed by atoms with van der Waals surface area (Å²) in [4.78, 5) is 23.6. The predicted octanol–water partition coefficient (Wildman–Crippen LogP) is 4.33. The van der Waals surface area contributed by atoms with Gasteiger partial charge in [0.15, 0.2) is 11.5 Å². The summed E-state index contributed by atoms with van der Waals surface area (Å²) >= 11 is 0. The zero-order chi connectivity index (χ0) is 19.3. The molecule has 134 valence electrons. The second-order valence-corrected chi connectivity index (χ2v) is 5.70. The third-order valence-electron chi connectivity index (χ3n) is 3.46. The normalized spacial score (nSPS) is 9.96. The van der Waals surface area contributed by atoms with Crippen molar-refractivity contribution in [3.63, 3.8) is 0 Å². The van der Waals surface area contributed by atoms with E-state index < -0.39 is 11.9 Å². The topological polar surface area (TPSA) is 61.8 Å². The minimum Gasteiger partial charge on any atom is -0.493 e. The molecular formula is C21H20O5. The van der Waals surface area contributed by atoms with Gasteiger partial charge in [0.05, 0.1) is 7.11 Å². The van der Waals surface area contributed by atoms with E-state index in [9.17, 15) is 9.59 Å². The van der Waals surface area contributed by atoms with Crippen molar-refractivity contribution in [1.29, 1.82) is 0 Å². The summed E-state index contributed by atoms with van der Waals surface area (Å²) in [6, 6.07) is 12.2. The highest BCUT2D eigenvalue weighted by Crippen LogP contribution is 2.36. The molecule has 0 saturated heterocycles. The van der Waals surface area contributed by atoms with Crippen LogP contribution in [0.25, 0.3) is 11.1 Å². The van der Waals surface area contributed by atoms with Crippen LogP contribution in [0.4, 0.5) is 0 Å². The highest BCUT2D eigenvalue weighted by molar-refractivity contribution is 5.91. The molecule has 2 aromatic rings. The summed E-state index contributed by atoms with van der Waals surface area (Å²) < 4.78 is 16.0. The Hall–Kier alpha value is -3.34. The van der Waals surface area contributed by atoms with Crippen molar-refractivity contribution in [2.45, 2.75) is 13.8 Å². The minimum absolute atomic E-state index is 0.278. The third-order valence-corrected chi connectivity index (χ3v) is 3.46. The first-order valence-corrected chi connectivity index (χ1v) is 7.86. The Bertz CT molecular complexity index is 880. The maximum absolute atomic E-state index is 11.8. The maximum Gasteiger partial charge on any atom is 0.338 e. The van der Waals surface area contributed by atoms with Crippen molar-refractivity contribution in [3.05, 3.63) is 66.8 Å². The molecule has 0 fully saturated rings. The van der Waals surface area contributed by atoms with Gasteiger partial charge in [0.25, 0.3) is 0 Å². The van der Waals surface area contributed by atoms with Gasteiger partial charge < -0.3 is 14.2 Å². The van der Waals surface area contributed by atoms with Crippen LogP contribution >= 0.6 is 0 Å². The van der Waals surface area contributed by atoms with Crippen molar-refractivity contribution in [3.8, 4) is 28.4 Å². The van der Waals surface area contributed by atoms with Crippen LogP contribution in [0.2, 0.25) is 0 Å². The van der Waals surface area contributed by atoms with Crippen LogP contribution in [0.15, 0.2) is 66.8 Å². The SMILES string of the molecule is C=C(C)C(=O)Oc1ccc(-c2ccccc2OC(=O)C(=C)C)cc1OC. The average Bonchev–Trinajstić information content (AvgIpc) is 2.62. The summed E-state index contributed by atoms with van der Waals surface area (Å²) in [5.41, 5.74) is 2.02. The predicted molar refractivity (Wildman–Crippen MR) is 99.3 cm³/mol. The number of carbonyl (C=O) groups is 2. The third kappa shape index (κ3) is 4.39. The molecule has 0 unspecified atom stereocenters. The Kier molecular flexibility index (Phi) is 5.96. The lowest BCUT2D eigenvalue weighted by Gasteiger charge is -2.13. The Balaban J connectivity index is 2.41. The van der Waals surface area contributed by atoms with E-state index in [0.717, 1.165) is 5.56 Å². The molecule has 0 amide bonds. The molecule has 0 aliphatic heterocycles. The number of benzene rings is 2. The molecule has 0 N–H and O–H groups in total. The summed E-state index contributed by atoms with van der Waals surface area (Å²) in [5.74, 6) is 0.0105. The lowest BCUT2D eigenvalue weighted by molar-refractivity contribution is -0.131. The zero-order valence-electron chi connectivity index (χ0n) is 15.0. The van der Waals surface area contributed by atoms with E-state index in [1.165, 1.54) is 7.11 Å². The molecule has 2 aromatic carbocycles. The summed E-state index contributed by atoms with van der Waals surface area (Å²) in [6.45, 7) is 10.3. The molecule has 0 bridgehead atoms. The molecule has 0 aromatic heterocycles. The van der Waals surface area contributed by atoms with Crippen LogP contribution < -0.4 is 14.2 Å². The van der Waals surface area contributed by atoms with Gasteiger partial charge in [0.2, 0.25) is 0 Å². The molecule has 5 nitrogen and oxygen atoms in total. The van der Waals surface area contributed by atoms with Gasteiger partial charge in [-0.1, -0.05) is 37.4 Å². The van der Waals surface area contributed by atoms with Crippen LogP contribution in [0.5, 0.6) is 17.2 Å². The van der Waals surface area contributed by atoms with E-state index in [2.05, 4.69) is 13.2 Å². The number of hydrogen-bond acceptors (Lipinski definition) is 5. The van der Waals surface area contributed by atoms with Gasteiger partial charge in [-0.25, -0.2) is 9.59 Å². The number of hydrogen-bond donors (Lipinski definition) is 0. The summed E-state index contributed by atoms with van der Waals surface area (Å²) in [7, 11) is 1.48. The minimum atomic E-state index is -0.535. The van der Waals surface area contributed by atoms with Gasteiger partial charge >= 0.3 is 11.9 Å². The number of esters is 2. The average molecular weight is 352 g/mol. The van der Waals surface area contributed by atoms with E-state index in [-0.39, 0.29) is 11.3 Å².